The van der Waals surface area contributed by atoms with Gasteiger partial charge in [-0.25, -0.2) is 15.0 Å². The van der Waals surface area contributed by atoms with E-state index < -0.39 is 0 Å². The molecule has 64 heavy (non-hydrogen) atoms. The molecule has 7 nitrogen and oxygen atoms in total. The normalized spacial score (nSPS) is 11.4. The van der Waals surface area contributed by atoms with Crippen LogP contribution in [0.4, 0.5) is 0 Å². The minimum absolute atomic E-state index is 0.466. The predicted octanol–water partition coefficient (Wildman–Crippen LogP) is 13.7. The highest BCUT2D eigenvalue weighted by molar-refractivity contribution is 5.97. The van der Waals surface area contributed by atoms with Crippen LogP contribution in [0, 0.1) is 0 Å². The van der Waals surface area contributed by atoms with Gasteiger partial charge >= 0.3 is 0 Å². The number of nitrogens with zero attached hydrogens (tertiary/aromatic N) is 7. The van der Waals surface area contributed by atoms with Crippen molar-refractivity contribution >= 4 is 43.1 Å². The minimum Gasteiger partial charge on any atom is -0.263 e. The van der Waals surface area contributed by atoms with Gasteiger partial charge in [-0.05, 0) is 85.3 Å². The summed E-state index contributed by atoms with van der Waals surface area (Å²) in [6.07, 6.45) is 11.5. The Kier molecular flexibility index (Phi) is 9.01. The predicted molar refractivity (Wildman–Crippen MR) is 259 cm³/mol. The first kappa shape index (κ1) is 37.0. The summed E-state index contributed by atoms with van der Waals surface area (Å²) in [4.78, 5) is 34.2. The highest BCUT2D eigenvalue weighted by Gasteiger charge is 2.18. The van der Waals surface area contributed by atoms with E-state index in [4.69, 9.17) is 24.9 Å². The molecular formula is C57H35N7. The Morgan fingerprint density at radius 2 is 0.625 bits per heavy atom. The first-order valence-corrected chi connectivity index (χ1v) is 21.2. The third-order valence-electron chi connectivity index (χ3n) is 11.9. The van der Waals surface area contributed by atoms with Gasteiger partial charge in [0.1, 0.15) is 11.4 Å². The first-order valence-electron chi connectivity index (χ1n) is 21.2. The molecule has 0 bridgehead atoms. The van der Waals surface area contributed by atoms with Crippen molar-refractivity contribution in [3.05, 3.63) is 213 Å². The molecule has 0 aliphatic rings. The van der Waals surface area contributed by atoms with Crippen molar-refractivity contribution in [2.24, 2.45) is 0 Å². The zero-order valence-corrected chi connectivity index (χ0v) is 34.3. The first-order chi connectivity index (χ1) is 31.7. The Morgan fingerprint density at radius 1 is 0.250 bits per heavy atom. The molecule has 298 valence electrons. The molecule has 0 saturated carbocycles. The van der Waals surface area contributed by atoms with Gasteiger partial charge in [-0.3, -0.25) is 19.9 Å². The molecule has 0 radical (unpaired) electrons. The van der Waals surface area contributed by atoms with E-state index >= 15 is 0 Å². The topological polar surface area (TPSA) is 90.2 Å². The summed E-state index contributed by atoms with van der Waals surface area (Å²) >= 11 is 0. The number of benzene rings is 7. The molecule has 0 spiro atoms. The van der Waals surface area contributed by atoms with Crippen molar-refractivity contribution in [2.45, 2.75) is 0 Å². The molecule has 12 aromatic rings. The van der Waals surface area contributed by atoms with E-state index in [9.17, 15) is 0 Å². The fraction of sp³-hybridized carbons (Fsp3) is 0. The molecule has 0 fully saturated rings. The van der Waals surface area contributed by atoms with Gasteiger partial charge in [-0.15, -0.1) is 0 Å². The quantitative estimate of drug-likeness (QED) is 0.158. The Balaban J connectivity index is 1.02. The fourth-order valence-electron chi connectivity index (χ4n) is 8.61. The number of pyridine rings is 4. The van der Waals surface area contributed by atoms with Crippen LogP contribution < -0.4 is 0 Å². The van der Waals surface area contributed by atoms with Crippen molar-refractivity contribution in [1.82, 2.24) is 34.9 Å². The Morgan fingerprint density at radius 3 is 1.09 bits per heavy atom. The molecular weight excluding hydrogens is 783 g/mol. The van der Waals surface area contributed by atoms with Gasteiger partial charge in [-0.2, -0.15) is 0 Å². The molecule has 12 rings (SSSR count). The molecule has 5 heterocycles. The van der Waals surface area contributed by atoms with Crippen molar-refractivity contribution in [1.29, 1.82) is 0 Å². The molecule has 5 aromatic heterocycles. The van der Waals surface area contributed by atoms with E-state index in [-0.39, 0.29) is 0 Å². The smallest absolute Gasteiger partial charge is 0.182 e. The van der Waals surface area contributed by atoms with E-state index in [0.29, 0.717) is 28.9 Å². The van der Waals surface area contributed by atoms with Gasteiger partial charge in [0, 0.05) is 75.4 Å². The molecule has 0 N–H and O–H groups in total. The van der Waals surface area contributed by atoms with Crippen LogP contribution in [0.15, 0.2) is 213 Å². The standard InChI is InChI=1S/C57H35N7/c1-3-11-42-32-60-53(28-40(42)9-1)56-62-55(63-57(64-56)54-29-41-10-2-4-12-43(41)33-61-54)48-26-46(36-17-21-38(22-18-36)51-34-58-30-44-13-5-7-15-49(44)51)25-47(27-48)37-19-23-39(24-20-37)52-35-59-31-45-14-6-8-16-50(45)52/h1-35H. The summed E-state index contributed by atoms with van der Waals surface area (Å²) in [6, 6.07) is 61.1. The van der Waals surface area contributed by atoms with Crippen molar-refractivity contribution in [3.8, 4) is 78.9 Å². The van der Waals surface area contributed by atoms with Crippen molar-refractivity contribution in [3.63, 3.8) is 0 Å². The minimum atomic E-state index is 0.466. The van der Waals surface area contributed by atoms with Gasteiger partial charge < -0.3 is 0 Å². The molecule has 7 heteroatoms. The lowest BCUT2D eigenvalue weighted by Crippen LogP contribution is -2.02. The lowest BCUT2D eigenvalue weighted by Gasteiger charge is -2.13. The van der Waals surface area contributed by atoms with E-state index in [0.717, 1.165) is 82.4 Å². The number of hydrogen-bond acceptors (Lipinski definition) is 7. The highest BCUT2D eigenvalue weighted by Crippen LogP contribution is 2.37. The highest BCUT2D eigenvalue weighted by atomic mass is 15.1. The summed E-state index contributed by atoms with van der Waals surface area (Å²) in [5.41, 5.74) is 10.7. The molecule has 0 amide bonds. The largest absolute Gasteiger partial charge is 0.263 e. The number of hydrogen-bond donors (Lipinski definition) is 0. The summed E-state index contributed by atoms with van der Waals surface area (Å²) in [7, 11) is 0. The van der Waals surface area contributed by atoms with Crippen LogP contribution in [0.3, 0.4) is 0 Å². The average Bonchev–Trinajstić information content (AvgIpc) is 3.38. The van der Waals surface area contributed by atoms with E-state index in [2.05, 4.69) is 137 Å². The van der Waals surface area contributed by atoms with Gasteiger partial charge in [0.25, 0.3) is 0 Å². The number of fused-ring (bicyclic) bond motifs is 4. The van der Waals surface area contributed by atoms with Crippen LogP contribution in [0.2, 0.25) is 0 Å². The van der Waals surface area contributed by atoms with Crippen LogP contribution in [0.1, 0.15) is 0 Å². The van der Waals surface area contributed by atoms with Crippen LogP contribution in [-0.2, 0) is 0 Å². The lowest BCUT2D eigenvalue weighted by molar-refractivity contribution is 1.05. The third kappa shape index (κ3) is 6.87. The Labute approximate surface area is 368 Å². The molecule has 0 unspecified atom stereocenters. The fourth-order valence-corrected chi connectivity index (χ4v) is 8.61. The Hall–Kier alpha value is -8.81. The van der Waals surface area contributed by atoms with E-state index in [1.807, 2.05) is 85.7 Å². The SMILES string of the molecule is c1ccc2cc(-c3nc(-c4cc(-c5ccc(-c6cncc7ccccc67)cc5)cc(-c5ccc(-c6cncc7ccccc67)cc5)c4)nc(-c4cc5ccccc5cn4)n3)ncc2c1. The average molecular weight is 818 g/mol. The van der Waals surface area contributed by atoms with Gasteiger partial charge in [0.05, 0.1) is 0 Å². The monoisotopic (exact) mass is 817 g/mol. The van der Waals surface area contributed by atoms with Crippen molar-refractivity contribution in [2.75, 3.05) is 0 Å². The molecule has 0 saturated heterocycles. The van der Waals surface area contributed by atoms with Crippen LogP contribution in [0.25, 0.3) is 122 Å². The van der Waals surface area contributed by atoms with Gasteiger partial charge in [0.15, 0.2) is 17.5 Å². The zero-order valence-electron chi connectivity index (χ0n) is 34.3. The van der Waals surface area contributed by atoms with Crippen LogP contribution in [0.5, 0.6) is 0 Å². The summed E-state index contributed by atoms with van der Waals surface area (Å²) in [5, 5.41) is 8.74. The van der Waals surface area contributed by atoms with Gasteiger partial charge in [-0.1, -0.05) is 146 Å². The van der Waals surface area contributed by atoms with Gasteiger partial charge in [0.2, 0.25) is 0 Å². The second-order valence-corrected chi connectivity index (χ2v) is 15.9. The molecule has 0 aliphatic carbocycles. The lowest BCUT2D eigenvalue weighted by atomic mass is 9.93. The molecule has 0 atom stereocenters. The molecule has 7 aromatic carbocycles. The van der Waals surface area contributed by atoms with Crippen LogP contribution in [-0.4, -0.2) is 34.9 Å². The summed E-state index contributed by atoms with van der Waals surface area (Å²) in [6.45, 7) is 0. The maximum absolute atomic E-state index is 5.18. The van der Waals surface area contributed by atoms with E-state index in [1.54, 1.807) is 0 Å². The number of aromatic nitrogens is 7. The number of rotatable bonds is 7. The maximum atomic E-state index is 5.18. The maximum Gasteiger partial charge on any atom is 0.182 e. The Bertz CT molecular complexity index is 3490. The summed E-state index contributed by atoms with van der Waals surface area (Å²) < 4.78 is 0. The summed E-state index contributed by atoms with van der Waals surface area (Å²) in [5.74, 6) is 1.45. The zero-order chi connectivity index (χ0) is 42.4. The third-order valence-corrected chi connectivity index (χ3v) is 11.9. The second-order valence-electron chi connectivity index (χ2n) is 15.9. The molecule has 0 aliphatic heterocycles. The van der Waals surface area contributed by atoms with Crippen molar-refractivity contribution < 1.29 is 0 Å². The van der Waals surface area contributed by atoms with E-state index in [1.165, 1.54) is 10.8 Å². The van der Waals surface area contributed by atoms with Crippen LogP contribution >= 0.6 is 0 Å². The second kappa shape index (κ2) is 15.6.